The van der Waals surface area contributed by atoms with Crippen LogP contribution < -0.4 is 16.2 Å². The molecule has 0 saturated heterocycles. The van der Waals surface area contributed by atoms with Crippen LogP contribution in [0.3, 0.4) is 0 Å². The van der Waals surface area contributed by atoms with Gasteiger partial charge in [0.2, 0.25) is 0 Å². The van der Waals surface area contributed by atoms with Crippen LogP contribution in [-0.4, -0.2) is 23.8 Å². The van der Waals surface area contributed by atoms with Crippen LogP contribution >= 0.6 is 11.6 Å². The Kier molecular flexibility index (Phi) is 4.01. The molecule has 6 nitrogen and oxygen atoms in total. The van der Waals surface area contributed by atoms with E-state index in [0.717, 1.165) is 12.8 Å². The molecule has 1 aromatic rings. The molecule has 1 saturated carbocycles. The summed E-state index contributed by atoms with van der Waals surface area (Å²) in [6.07, 6.45) is 1.77. The minimum atomic E-state index is -0.894. The van der Waals surface area contributed by atoms with Crippen molar-refractivity contribution in [2.45, 2.75) is 18.9 Å². The second-order valence-electron chi connectivity index (χ2n) is 4.16. The molecule has 2 rings (SSSR count). The second-order valence-corrected chi connectivity index (χ2v) is 4.60. The van der Waals surface area contributed by atoms with Crippen molar-refractivity contribution in [2.75, 3.05) is 0 Å². The third kappa shape index (κ3) is 3.96. The summed E-state index contributed by atoms with van der Waals surface area (Å²) in [5.41, 5.74) is 4.52. The van der Waals surface area contributed by atoms with E-state index in [9.17, 15) is 14.4 Å². The van der Waals surface area contributed by atoms with Crippen molar-refractivity contribution in [1.82, 2.24) is 16.2 Å². The van der Waals surface area contributed by atoms with E-state index in [-0.39, 0.29) is 6.04 Å². The van der Waals surface area contributed by atoms with Gasteiger partial charge in [0, 0.05) is 16.6 Å². The molecule has 0 atom stereocenters. The molecule has 19 heavy (non-hydrogen) atoms. The fourth-order valence-corrected chi connectivity index (χ4v) is 1.45. The highest BCUT2D eigenvalue weighted by Crippen LogP contribution is 2.18. The van der Waals surface area contributed by atoms with Crippen molar-refractivity contribution in [3.05, 3.63) is 34.9 Å². The van der Waals surface area contributed by atoms with Crippen LogP contribution in [0.25, 0.3) is 0 Å². The van der Waals surface area contributed by atoms with Crippen LogP contribution in [0.2, 0.25) is 5.02 Å². The van der Waals surface area contributed by atoms with Gasteiger partial charge in [-0.2, -0.15) is 0 Å². The van der Waals surface area contributed by atoms with Gasteiger partial charge in [0.25, 0.3) is 5.91 Å². The molecule has 100 valence electrons. The quantitative estimate of drug-likeness (QED) is 0.541. The zero-order valence-electron chi connectivity index (χ0n) is 9.90. The average molecular weight is 282 g/mol. The van der Waals surface area contributed by atoms with E-state index in [1.165, 1.54) is 12.1 Å². The maximum atomic E-state index is 11.6. The summed E-state index contributed by atoms with van der Waals surface area (Å²) < 4.78 is 0. The Bertz CT molecular complexity index is 511. The van der Waals surface area contributed by atoms with Crippen molar-refractivity contribution in [3.63, 3.8) is 0 Å². The SMILES string of the molecule is O=C(NNC(=O)c1ccc(Cl)cc1)C(=O)NC1CC1. The van der Waals surface area contributed by atoms with E-state index in [4.69, 9.17) is 11.6 Å². The molecule has 1 aromatic carbocycles. The third-order valence-corrected chi connectivity index (χ3v) is 2.77. The lowest BCUT2D eigenvalue weighted by Gasteiger charge is -2.07. The summed E-state index contributed by atoms with van der Waals surface area (Å²) >= 11 is 5.69. The lowest BCUT2D eigenvalue weighted by Crippen LogP contribution is -2.48. The number of carbonyl (C=O) groups is 3. The Morgan fingerprint density at radius 2 is 1.63 bits per heavy atom. The van der Waals surface area contributed by atoms with Crippen molar-refractivity contribution in [1.29, 1.82) is 0 Å². The van der Waals surface area contributed by atoms with Gasteiger partial charge in [0.1, 0.15) is 0 Å². The predicted molar refractivity (Wildman–Crippen MR) is 68.2 cm³/mol. The largest absolute Gasteiger partial charge is 0.345 e. The molecule has 1 aliphatic carbocycles. The lowest BCUT2D eigenvalue weighted by molar-refractivity contribution is -0.139. The summed E-state index contributed by atoms with van der Waals surface area (Å²) in [5, 5.41) is 3.01. The number of hydrogen-bond donors (Lipinski definition) is 3. The summed E-state index contributed by atoms with van der Waals surface area (Å²) in [5.74, 6) is -2.17. The predicted octanol–water partition coefficient (Wildman–Crippen LogP) is 0.380. The maximum Gasteiger partial charge on any atom is 0.327 e. The number of hydrogen-bond acceptors (Lipinski definition) is 3. The van der Waals surface area contributed by atoms with Crippen LogP contribution in [0.5, 0.6) is 0 Å². The number of nitrogens with one attached hydrogen (secondary N) is 3. The van der Waals surface area contributed by atoms with Gasteiger partial charge in [-0.25, -0.2) is 0 Å². The monoisotopic (exact) mass is 281 g/mol. The molecule has 0 heterocycles. The molecule has 0 aromatic heterocycles. The van der Waals surface area contributed by atoms with Crippen LogP contribution in [0.15, 0.2) is 24.3 Å². The number of hydrazine groups is 1. The molecule has 7 heteroatoms. The zero-order chi connectivity index (χ0) is 13.8. The van der Waals surface area contributed by atoms with Crippen LogP contribution in [0.4, 0.5) is 0 Å². The first-order valence-corrected chi connectivity index (χ1v) is 6.11. The van der Waals surface area contributed by atoms with E-state index in [1.807, 2.05) is 5.43 Å². The van der Waals surface area contributed by atoms with Crippen LogP contribution in [0, 0.1) is 0 Å². The Hall–Kier alpha value is -2.08. The normalized spacial score (nSPS) is 13.5. The first-order chi connectivity index (χ1) is 9.06. The van der Waals surface area contributed by atoms with E-state index in [1.54, 1.807) is 12.1 Å². The molecular weight excluding hydrogens is 270 g/mol. The third-order valence-electron chi connectivity index (χ3n) is 2.51. The van der Waals surface area contributed by atoms with E-state index in [2.05, 4.69) is 10.7 Å². The van der Waals surface area contributed by atoms with Gasteiger partial charge in [-0.3, -0.25) is 25.2 Å². The highest BCUT2D eigenvalue weighted by Gasteiger charge is 2.26. The van der Waals surface area contributed by atoms with Crippen molar-refractivity contribution < 1.29 is 14.4 Å². The number of halogens is 1. The number of carbonyl (C=O) groups excluding carboxylic acids is 3. The molecule has 0 bridgehead atoms. The number of rotatable bonds is 2. The molecule has 3 amide bonds. The molecule has 0 spiro atoms. The Labute approximate surface area is 114 Å². The molecule has 1 aliphatic rings. The summed E-state index contributed by atoms with van der Waals surface area (Å²) in [4.78, 5) is 34.2. The zero-order valence-corrected chi connectivity index (χ0v) is 10.7. The van der Waals surface area contributed by atoms with Crippen LogP contribution in [0.1, 0.15) is 23.2 Å². The number of amides is 3. The molecule has 3 N–H and O–H groups in total. The molecular formula is C12H12ClN3O3. The molecule has 0 unspecified atom stereocenters. The minimum Gasteiger partial charge on any atom is -0.345 e. The minimum absolute atomic E-state index is 0.0882. The fourth-order valence-electron chi connectivity index (χ4n) is 1.32. The first-order valence-electron chi connectivity index (χ1n) is 5.73. The van der Waals surface area contributed by atoms with Crippen molar-refractivity contribution >= 4 is 29.3 Å². The Morgan fingerprint density at radius 3 is 2.21 bits per heavy atom. The highest BCUT2D eigenvalue weighted by molar-refractivity contribution is 6.35. The van der Waals surface area contributed by atoms with Gasteiger partial charge >= 0.3 is 11.8 Å². The van der Waals surface area contributed by atoms with Gasteiger partial charge in [-0.15, -0.1) is 0 Å². The van der Waals surface area contributed by atoms with E-state index in [0.29, 0.717) is 10.6 Å². The smallest absolute Gasteiger partial charge is 0.327 e. The summed E-state index contributed by atoms with van der Waals surface area (Å²) in [6.45, 7) is 0. The average Bonchev–Trinajstić information content (AvgIpc) is 3.20. The number of benzene rings is 1. The van der Waals surface area contributed by atoms with Crippen molar-refractivity contribution in [2.24, 2.45) is 0 Å². The standard InChI is InChI=1S/C12H12ClN3O3/c13-8-3-1-7(2-4-8)10(17)15-16-12(19)11(18)14-9-5-6-9/h1-4,9H,5-6H2,(H,14,18)(H,15,17)(H,16,19). The van der Waals surface area contributed by atoms with Crippen molar-refractivity contribution in [3.8, 4) is 0 Å². The van der Waals surface area contributed by atoms with E-state index >= 15 is 0 Å². The molecule has 0 radical (unpaired) electrons. The Morgan fingerprint density at radius 1 is 1.00 bits per heavy atom. The summed E-state index contributed by atoms with van der Waals surface area (Å²) in [6, 6.07) is 6.21. The van der Waals surface area contributed by atoms with Gasteiger partial charge in [-0.05, 0) is 37.1 Å². The van der Waals surface area contributed by atoms with Gasteiger partial charge in [0.15, 0.2) is 0 Å². The first kappa shape index (κ1) is 13.4. The molecule has 0 aliphatic heterocycles. The van der Waals surface area contributed by atoms with E-state index < -0.39 is 17.7 Å². The van der Waals surface area contributed by atoms with Crippen LogP contribution in [-0.2, 0) is 9.59 Å². The summed E-state index contributed by atoms with van der Waals surface area (Å²) in [7, 11) is 0. The highest BCUT2D eigenvalue weighted by atomic mass is 35.5. The second kappa shape index (κ2) is 5.71. The molecule has 1 fully saturated rings. The lowest BCUT2D eigenvalue weighted by atomic mass is 10.2. The van der Waals surface area contributed by atoms with Gasteiger partial charge in [0.05, 0.1) is 0 Å². The topological polar surface area (TPSA) is 87.3 Å². The van der Waals surface area contributed by atoms with Gasteiger partial charge in [-0.1, -0.05) is 11.6 Å². The fraction of sp³-hybridized carbons (Fsp3) is 0.250. The maximum absolute atomic E-state index is 11.6. The Balaban J connectivity index is 1.80. The van der Waals surface area contributed by atoms with Gasteiger partial charge < -0.3 is 5.32 Å².